The van der Waals surface area contributed by atoms with Gasteiger partial charge in [0, 0.05) is 43.2 Å². The zero-order chi connectivity index (χ0) is 23.7. The van der Waals surface area contributed by atoms with Crippen LogP contribution in [0.25, 0.3) is 11.5 Å². The summed E-state index contributed by atoms with van der Waals surface area (Å²) in [7, 11) is -1.98. The maximum atomic E-state index is 13.2. The summed E-state index contributed by atoms with van der Waals surface area (Å²) < 4.78 is 38.9. The van der Waals surface area contributed by atoms with Crippen molar-refractivity contribution in [1.82, 2.24) is 14.5 Å². The van der Waals surface area contributed by atoms with E-state index in [-0.39, 0.29) is 16.6 Å². The van der Waals surface area contributed by atoms with Gasteiger partial charge in [-0.05, 0) is 61.4 Å². The third kappa shape index (κ3) is 4.43. The molecule has 34 heavy (non-hydrogen) atoms. The number of anilines is 1. The molecule has 0 N–H and O–H groups in total. The molecule has 0 spiro atoms. The maximum absolute atomic E-state index is 13.2. The Morgan fingerprint density at radius 3 is 2.29 bits per heavy atom. The number of piperidine rings is 1. The number of carbonyl (C=O) groups is 1. The number of hydrogen-bond donors (Lipinski definition) is 0. The van der Waals surface area contributed by atoms with Gasteiger partial charge in [0.15, 0.2) is 5.78 Å². The Kier molecular flexibility index (Phi) is 6.09. The number of hydrogen-bond acceptors (Lipinski definition) is 8. The molecule has 0 aliphatic carbocycles. The van der Waals surface area contributed by atoms with E-state index in [1.54, 1.807) is 31.4 Å². The van der Waals surface area contributed by atoms with Gasteiger partial charge in [0.1, 0.15) is 5.75 Å². The van der Waals surface area contributed by atoms with Crippen LogP contribution >= 0.6 is 0 Å². The van der Waals surface area contributed by atoms with Crippen LogP contribution in [0.4, 0.5) is 5.69 Å². The number of aromatic nitrogens is 2. The molecule has 2 aliphatic rings. The average Bonchev–Trinajstić information content (AvgIpc) is 3.54. The van der Waals surface area contributed by atoms with Gasteiger partial charge in [-0.25, -0.2) is 8.42 Å². The number of nitrogens with zero attached hydrogens (tertiary/aromatic N) is 4. The smallest absolute Gasteiger partial charge is 0.247 e. The van der Waals surface area contributed by atoms with Gasteiger partial charge in [0.25, 0.3) is 0 Å². The second-order valence-corrected chi connectivity index (χ2v) is 10.5. The standard InChI is InChI=1S/C24H26N4O5S/c1-32-21-6-2-17(3-7-21)23-25-26-24(33-23)18-10-14-28(15-11-18)34(30,31)22-8-4-19(5-9-22)27-13-12-20(29)16-27/h2-9,18H,10-16H2,1H3. The molecule has 0 atom stereocenters. The van der Waals surface area contributed by atoms with E-state index in [2.05, 4.69) is 10.2 Å². The lowest BCUT2D eigenvalue weighted by Gasteiger charge is -2.29. The number of methoxy groups -OCH3 is 1. The predicted octanol–water partition coefficient (Wildman–Crippen LogP) is 3.09. The van der Waals surface area contributed by atoms with Gasteiger partial charge in [-0.1, -0.05) is 0 Å². The monoisotopic (exact) mass is 482 g/mol. The summed E-state index contributed by atoms with van der Waals surface area (Å²) in [6, 6.07) is 14.2. The second-order valence-electron chi connectivity index (χ2n) is 8.56. The summed E-state index contributed by atoms with van der Waals surface area (Å²) in [4.78, 5) is 13.8. The molecule has 178 valence electrons. The van der Waals surface area contributed by atoms with E-state index in [9.17, 15) is 13.2 Å². The molecule has 5 rings (SSSR count). The minimum Gasteiger partial charge on any atom is -0.497 e. The van der Waals surface area contributed by atoms with Crippen LogP contribution in [0.1, 0.15) is 31.1 Å². The normalized spacial score (nSPS) is 17.9. The van der Waals surface area contributed by atoms with E-state index in [4.69, 9.17) is 9.15 Å². The number of ketones is 1. The summed E-state index contributed by atoms with van der Waals surface area (Å²) in [5.41, 5.74) is 1.67. The molecule has 1 aromatic heterocycles. The fourth-order valence-electron chi connectivity index (χ4n) is 4.42. The van der Waals surface area contributed by atoms with Gasteiger partial charge in [0.05, 0.1) is 18.6 Å². The molecule has 2 saturated heterocycles. The highest BCUT2D eigenvalue weighted by molar-refractivity contribution is 7.89. The fraction of sp³-hybridized carbons (Fsp3) is 0.375. The largest absolute Gasteiger partial charge is 0.497 e. The molecule has 0 amide bonds. The number of rotatable bonds is 6. The first-order chi connectivity index (χ1) is 16.4. The highest BCUT2D eigenvalue weighted by Gasteiger charge is 2.32. The molecule has 0 bridgehead atoms. The third-order valence-electron chi connectivity index (χ3n) is 6.45. The molecule has 3 heterocycles. The number of benzene rings is 2. The highest BCUT2D eigenvalue weighted by atomic mass is 32.2. The predicted molar refractivity (Wildman–Crippen MR) is 125 cm³/mol. The first-order valence-corrected chi connectivity index (χ1v) is 12.7. The number of carbonyl (C=O) groups excluding carboxylic acids is 1. The summed E-state index contributed by atoms with van der Waals surface area (Å²) in [6.45, 7) is 1.83. The number of Topliss-reactive ketones (excluding diaryl/α,β-unsaturated/α-hetero) is 1. The SMILES string of the molecule is COc1ccc(-c2nnc(C3CCN(S(=O)(=O)c4ccc(N5CCC(=O)C5)cc4)CC3)o2)cc1. The Balaban J connectivity index is 1.22. The van der Waals surface area contributed by atoms with Crippen LogP contribution in [0.3, 0.4) is 0 Å². The number of ether oxygens (including phenoxy) is 1. The van der Waals surface area contributed by atoms with Crippen molar-refractivity contribution in [3.8, 4) is 17.2 Å². The van der Waals surface area contributed by atoms with E-state index in [0.717, 1.165) is 17.0 Å². The fourth-order valence-corrected chi connectivity index (χ4v) is 5.89. The molecule has 9 nitrogen and oxygen atoms in total. The lowest BCUT2D eigenvalue weighted by molar-refractivity contribution is -0.116. The molecule has 0 radical (unpaired) electrons. The van der Waals surface area contributed by atoms with Crippen LogP contribution in [0.15, 0.2) is 57.8 Å². The molecular formula is C24H26N4O5S. The van der Waals surface area contributed by atoms with Crippen molar-refractivity contribution in [2.75, 3.05) is 38.2 Å². The molecule has 2 aromatic carbocycles. The Bertz CT molecular complexity index is 1260. The molecule has 10 heteroatoms. The summed E-state index contributed by atoms with van der Waals surface area (Å²) in [5.74, 6) is 1.94. The third-order valence-corrected chi connectivity index (χ3v) is 8.36. The van der Waals surface area contributed by atoms with Gasteiger partial charge in [-0.15, -0.1) is 10.2 Å². The van der Waals surface area contributed by atoms with Crippen LogP contribution in [-0.2, 0) is 14.8 Å². The Labute approximate surface area is 198 Å². The van der Waals surface area contributed by atoms with Crippen molar-refractivity contribution in [1.29, 1.82) is 0 Å². The van der Waals surface area contributed by atoms with Crippen LogP contribution in [0.2, 0.25) is 0 Å². The van der Waals surface area contributed by atoms with Crippen molar-refractivity contribution >= 4 is 21.5 Å². The van der Waals surface area contributed by atoms with E-state index < -0.39 is 10.0 Å². The van der Waals surface area contributed by atoms with Crippen LogP contribution in [0, 0.1) is 0 Å². The molecule has 2 aliphatic heterocycles. The molecule has 2 fully saturated rings. The van der Waals surface area contributed by atoms with Gasteiger partial charge < -0.3 is 14.1 Å². The van der Waals surface area contributed by atoms with Crippen molar-refractivity contribution < 1.29 is 22.4 Å². The minimum atomic E-state index is -3.59. The second kappa shape index (κ2) is 9.19. The van der Waals surface area contributed by atoms with Crippen LogP contribution in [-0.4, -0.2) is 62.0 Å². The van der Waals surface area contributed by atoms with Gasteiger partial charge in [0.2, 0.25) is 21.8 Å². The molecule has 0 saturated carbocycles. The Hall–Kier alpha value is -3.24. The maximum Gasteiger partial charge on any atom is 0.247 e. The Morgan fingerprint density at radius 2 is 1.68 bits per heavy atom. The Morgan fingerprint density at radius 1 is 0.971 bits per heavy atom. The van der Waals surface area contributed by atoms with Gasteiger partial charge >= 0.3 is 0 Å². The summed E-state index contributed by atoms with van der Waals surface area (Å²) >= 11 is 0. The lowest BCUT2D eigenvalue weighted by Crippen LogP contribution is -2.38. The van der Waals surface area contributed by atoms with Crippen molar-refractivity contribution in [2.24, 2.45) is 0 Å². The first kappa shape index (κ1) is 22.5. The average molecular weight is 483 g/mol. The van der Waals surface area contributed by atoms with E-state index in [1.807, 2.05) is 29.2 Å². The zero-order valence-corrected chi connectivity index (χ0v) is 19.7. The van der Waals surface area contributed by atoms with Gasteiger partial charge in [-0.3, -0.25) is 4.79 Å². The topological polar surface area (TPSA) is 106 Å². The van der Waals surface area contributed by atoms with Crippen molar-refractivity contribution in [2.45, 2.75) is 30.1 Å². The quantitative estimate of drug-likeness (QED) is 0.528. The molecule has 0 unspecified atom stereocenters. The highest BCUT2D eigenvalue weighted by Crippen LogP contribution is 2.32. The van der Waals surface area contributed by atoms with Crippen LogP contribution < -0.4 is 9.64 Å². The van der Waals surface area contributed by atoms with Crippen molar-refractivity contribution in [3.05, 3.63) is 54.4 Å². The lowest BCUT2D eigenvalue weighted by atomic mass is 9.98. The van der Waals surface area contributed by atoms with E-state index in [0.29, 0.717) is 57.2 Å². The first-order valence-electron chi connectivity index (χ1n) is 11.3. The summed E-state index contributed by atoms with van der Waals surface area (Å²) in [5, 5.41) is 8.38. The summed E-state index contributed by atoms with van der Waals surface area (Å²) in [6.07, 6.45) is 1.76. The molecular weight excluding hydrogens is 456 g/mol. The van der Waals surface area contributed by atoms with E-state index in [1.165, 1.54) is 4.31 Å². The number of sulfonamides is 1. The minimum absolute atomic E-state index is 0.0148. The van der Waals surface area contributed by atoms with Crippen molar-refractivity contribution in [3.63, 3.8) is 0 Å². The zero-order valence-electron chi connectivity index (χ0n) is 18.9. The van der Waals surface area contributed by atoms with E-state index >= 15 is 0 Å². The molecule has 3 aromatic rings. The van der Waals surface area contributed by atoms with Gasteiger partial charge in [-0.2, -0.15) is 4.31 Å². The van der Waals surface area contributed by atoms with Crippen LogP contribution in [0.5, 0.6) is 5.75 Å².